The van der Waals surface area contributed by atoms with Crippen molar-refractivity contribution in [2.75, 3.05) is 10.6 Å². The number of hydrogen-bond acceptors (Lipinski definition) is 2. The smallest absolute Gasteiger partial charge is 0.248 e. The first-order valence-corrected chi connectivity index (χ1v) is 10.7. The number of carbonyl (C=O) groups excluding carboxylic acids is 2. The van der Waals surface area contributed by atoms with Crippen LogP contribution in [-0.4, -0.2) is 11.8 Å². The van der Waals surface area contributed by atoms with Crippen molar-refractivity contribution in [3.05, 3.63) is 105 Å². The molecule has 4 nitrogen and oxygen atoms in total. The van der Waals surface area contributed by atoms with E-state index in [4.69, 9.17) is 0 Å². The Kier molecular flexibility index (Phi) is 7.76. The molecule has 0 saturated heterocycles. The number of carbonyl (C=O) groups is 2. The minimum absolute atomic E-state index is 0.287. The third kappa shape index (κ3) is 6.83. The lowest BCUT2D eigenvalue weighted by molar-refractivity contribution is -0.112. The van der Waals surface area contributed by atoms with E-state index in [0.717, 1.165) is 20.1 Å². The van der Waals surface area contributed by atoms with Gasteiger partial charge < -0.3 is 10.6 Å². The van der Waals surface area contributed by atoms with Crippen molar-refractivity contribution in [1.82, 2.24) is 0 Å². The molecular weight excluding hydrogens is 508 g/mol. The summed E-state index contributed by atoms with van der Waals surface area (Å²) >= 11 is 6.76. The minimum Gasteiger partial charge on any atom is -0.321 e. The topological polar surface area (TPSA) is 58.2 Å². The highest BCUT2D eigenvalue weighted by molar-refractivity contribution is 9.10. The van der Waals surface area contributed by atoms with Crippen LogP contribution in [0.25, 0.3) is 12.2 Å². The van der Waals surface area contributed by atoms with E-state index >= 15 is 0 Å². The molecule has 0 aliphatic carbocycles. The molecule has 0 spiro atoms. The lowest BCUT2D eigenvalue weighted by Gasteiger charge is -2.10. The van der Waals surface area contributed by atoms with E-state index < -0.39 is 0 Å². The number of halogens is 2. The number of anilines is 2. The zero-order chi connectivity index (χ0) is 21.3. The molecular formula is C24H18Br2N2O2. The van der Waals surface area contributed by atoms with E-state index in [1.807, 2.05) is 48.5 Å². The fraction of sp³-hybridized carbons (Fsp3) is 0. The first kappa shape index (κ1) is 21.7. The Balaban J connectivity index is 1.63. The predicted molar refractivity (Wildman–Crippen MR) is 130 cm³/mol. The van der Waals surface area contributed by atoms with Crippen molar-refractivity contribution in [2.45, 2.75) is 0 Å². The molecule has 150 valence electrons. The molecule has 0 unspecified atom stereocenters. The standard InChI is InChI=1S/C24H18Br2N2O2/c25-19-11-5-17(6-12-19)9-15-23(29)27-21-3-1-2-4-22(21)28-24(30)16-10-18-7-13-20(26)14-8-18/h1-16H,(H,27,29)(H,28,30). The van der Waals surface area contributed by atoms with Gasteiger partial charge >= 0.3 is 0 Å². The van der Waals surface area contributed by atoms with Crippen LogP contribution in [0.2, 0.25) is 0 Å². The Hall–Kier alpha value is -2.96. The summed E-state index contributed by atoms with van der Waals surface area (Å²) in [6.45, 7) is 0. The minimum atomic E-state index is -0.287. The van der Waals surface area contributed by atoms with Gasteiger partial charge in [0.25, 0.3) is 0 Å². The first-order valence-electron chi connectivity index (χ1n) is 9.08. The van der Waals surface area contributed by atoms with Gasteiger partial charge in [0.05, 0.1) is 11.4 Å². The van der Waals surface area contributed by atoms with Crippen molar-refractivity contribution in [2.24, 2.45) is 0 Å². The van der Waals surface area contributed by atoms with E-state index in [9.17, 15) is 9.59 Å². The highest BCUT2D eigenvalue weighted by Crippen LogP contribution is 2.21. The van der Waals surface area contributed by atoms with Crippen molar-refractivity contribution in [3.63, 3.8) is 0 Å². The highest BCUT2D eigenvalue weighted by Gasteiger charge is 2.06. The average molecular weight is 526 g/mol. The quantitative estimate of drug-likeness (QED) is 0.360. The molecule has 0 fully saturated rings. The maximum absolute atomic E-state index is 12.3. The van der Waals surface area contributed by atoms with Crippen LogP contribution in [0.1, 0.15) is 11.1 Å². The first-order chi connectivity index (χ1) is 14.5. The van der Waals surface area contributed by atoms with Crippen molar-refractivity contribution in [1.29, 1.82) is 0 Å². The molecule has 30 heavy (non-hydrogen) atoms. The molecule has 0 atom stereocenters. The highest BCUT2D eigenvalue weighted by atomic mass is 79.9. The van der Waals surface area contributed by atoms with Crippen LogP contribution < -0.4 is 10.6 Å². The maximum atomic E-state index is 12.3. The molecule has 0 bridgehead atoms. The van der Waals surface area contributed by atoms with Crippen LogP contribution in [0, 0.1) is 0 Å². The van der Waals surface area contributed by atoms with Gasteiger partial charge in [-0.2, -0.15) is 0 Å². The summed E-state index contributed by atoms with van der Waals surface area (Å²) in [4.78, 5) is 24.6. The molecule has 0 aliphatic heterocycles. The zero-order valence-corrected chi connectivity index (χ0v) is 19.0. The Bertz CT molecular complexity index is 1000. The molecule has 0 heterocycles. The van der Waals surface area contributed by atoms with E-state index in [1.54, 1.807) is 36.4 Å². The summed E-state index contributed by atoms with van der Waals surface area (Å²) in [5, 5.41) is 5.60. The second-order valence-corrected chi connectivity index (χ2v) is 8.13. The van der Waals surface area contributed by atoms with E-state index in [-0.39, 0.29) is 11.8 Å². The molecule has 6 heteroatoms. The average Bonchev–Trinajstić information content (AvgIpc) is 2.74. The van der Waals surface area contributed by atoms with Crippen LogP contribution in [-0.2, 0) is 9.59 Å². The lowest BCUT2D eigenvalue weighted by atomic mass is 10.2. The van der Waals surface area contributed by atoms with Crippen LogP contribution >= 0.6 is 31.9 Å². The van der Waals surface area contributed by atoms with Crippen molar-refractivity contribution in [3.8, 4) is 0 Å². The van der Waals surface area contributed by atoms with Crippen molar-refractivity contribution >= 4 is 67.2 Å². The number of benzene rings is 3. The van der Waals surface area contributed by atoms with Crippen molar-refractivity contribution < 1.29 is 9.59 Å². The number of nitrogens with one attached hydrogen (secondary N) is 2. The normalized spacial score (nSPS) is 11.0. The Morgan fingerprint density at radius 3 is 1.33 bits per heavy atom. The third-order valence-corrected chi connectivity index (χ3v) is 5.09. The van der Waals surface area contributed by atoms with Crippen LogP contribution in [0.4, 0.5) is 11.4 Å². The van der Waals surface area contributed by atoms with Gasteiger partial charge in [0.2, 0.25) is 11.8 Å². The Labute approximate surface area is 192 Å². The largest absolute Gasteiger partial charge is 0.321 e. The molecule has 0 radical (unpaired) electrons. The van der Waals surface area contributed by atoms with Crippen LogP contribution in [0.3, 0.4) is 0 Å². The van der Waals surface area contributed by atoms with Gasteiger partial charge in [0.15, 0.2) is 0 Å². The van der Waals surface area contributed by atoms with E-state index in [0.29, 0.717) is 11.4 Å². The second-order valence-electron chi connectivity index (χ2n) is 6.29. The van der Waals surface area contributed by atoms with E-state index in [2.05, 4.69) is 42.5 Å². The van der Waals surface area contributed by atoms with Gasteiger partial charge in [-0.05, 0) is 59.7 Å². The number of rotatable bonds is 6. The molecule has 3 rings (SSSR count). The molecule has 2 amide bonds. The van der Waals surface area contributed by atoms with Gasteiger partial charge in [-0.3, -0.25) is 9.59 Å². The Morgan fingerprint density at radius 1 is 0.600 bits per heavy atom. The lowest BCUT2D eigenvalue weighted by Crippen LogP contribution is -2.13. The maximum Gasteiger partial charge on any atom is 0.248 e. The van der Waals surface area contributed by atoms with Gasteiger partial charge in [-0.25, -0.2) is 0 Å². The molecule has 0 saturated carbocycles. The van der Waals surface area contributed by atoms with Crippen LogP contribution in [0.15, 0.2) is 93.9 Å². The summed E-state index contributed by atoms with van der Waals surface area (Å²) in [5.74, 6) is -0.574. The van der Waals surface area contributed by atoms with Gasteiger partial charge in [0, 0.05) is 21.1 Å². The SMILES string of the molecule is O=C(C=Cc1ccc(Br)cc1)Nc1ccccc1NC(=O)C=Cc1ccc(Br)cc1. The third-order valence-electron chi connectivity index (χ3n) is 4.04. The number of para-hydroxylation sites is 2. The van der Waals surface area contributed by atoms with Gasteiger partial charge in [-0.15, -0.1) is 0 Å². The zero-order valence-electron chi connectivity index (χ0n) is 15.8. The molecule has 0 aromatic heterocycles. The van der Waals surface area contributed by atoms with Gasteiger partial charge in [0.1, 0.15) is 0 Å². The summed E-state index contributed by atoms with van der Waals surface area (Å²) in [6.07, 6.45) is 6.36. The molecule has 3 aromatic carbocycles. The monoisotopic (exact) mass is 524 g/mol. The number of amides is 2. The molecule has 0 aliphatic rings. The summed E-state index contributed by atoms with van der Waals surface area (Å²) in [6, 6.07) is 22.3. The molecule has 3 aromatic rings. The summed E-state index contributed by atoms with van der Waals surface area (Å²) in [5.41, 5.74) is 2.86. The second kappa shape index (κ2) is 10.7. The molecule has 2 N–H and O–H groups in total. The van der Waals surface area contributed by atoms with Gasteiger partial charge in [-0.1, -0.05) is 68.3 Å². The van der Waals surface area contributed by atoms with E-state index in [1.165, 1.54) is 12.2 Å². The fourth-order valence-corrected chi connectivity index (χ4v) is 3.07. The van der Waals surface area contributed by atoms with Crippen LogP contribution in [0.5, 0.6) is 0 Å². The number of hydrogen-bond donors (Lipinski definition) is 2. The Morgan fingerprint density at radius 2 is 0.967 bits per heavy atom. The predicted octanol–water partition coefficient (Wildman–Crippen LogP) is 6.52. The summed E-state index contributed by atoms with van der Waals surface area (Å²) < 4.78 is 1.95. The fourth-order valence-electron chi connectivity index (χ4n) is 2.54. The summed E-state index contributed by atoms with van der Waals surface area (Å²) in [7, 11) is 0.